The molecule has 0 radical (unpaired) electrons. The fraction of sp³-hybridized carbons (Fsp3) is 0.0333. The molecule has 0 amide bonds. The van der Waals surface area contributed by atoms with Crippen LogP contribution in [-0.2, 0) is 42.1 Å². The van der Waals surface area contributed by atoms with Gasteiger partial charge >= 0.3 is 0 Å². The zero-order valence-electron chi connectivity index (χ0n) is 39.4. The molecule has 72 heavy (non-hydrogen) atoms. The first-order valence-electron chi connectivity index (χ1n) is 22.7. The maximum atomic E-state index is 4.48. The van der Waals surface area contributed by atoms with Crippen molar-refractivity contribution in [2.24, 2.45) is 9.98 Å². The van der Waals surface area contributed by atoms with Crippen LogP contribution in [0.4, 0.5) is 57.1 Å². The van der Waals surface area contributed by atoms with Crippen molar-refractivity contribution < 1.29 is 42.1 Å². The summed E-state index contributed by atoms with van der Waals surface area (Å²) < 4.78 is 0. The fourth-order valence-electron chi connectivity index (χ4n) is 7.52. The first-order chi connectivity index (χ1) is 34.6. The van der Waals surface area contributed by atoms with Crippen LogP contribution in [0.1, 0.15) is 0 Å². The van der Waals surface area contributed by atoms with E-state index < -0.39 is 0 Å². The van der Waals surface area contributed by atoms with Gasteiger partial charge in [0.15, 0.2) is 0 Å². The molecular weight excluding hydrogens is 1250 g/mol. The molecule has 2 aromatic heterocycles. The summed E-state index contributed by atoms with van der Waals surface area (Å²) in [6, 6.07) is 78.7. The summed E-state index contributed by atoms with van der Waals surface area (Å²) in [5, 5.41) is 13.2. The molecule has 2 aliphatic rings. The second-order valence-corrected chi connectivity index (χ2v) is 15.9. The fourth-order valence-corrected chi connectivity index (χ4v) is 7.52. The molecule has 10 nitrogen and oxygen atoms in total. The van der Waals surface area contributed by atoms with Crippen molar-refractivity contribution in [1.82, 2.24) is 9.97 Å². The number of rotatable bonds is 8. The smallest absolute Gasteiger partial charge is 0.124 e. The van der Waals surface area contributed by atoms with E-state index >= 15 is 0 Å². The van der Waals surface area contributed by atoms with Crippen LogP contribution in [0.25, 0.3) is 32.2 Å². The van der Waals surface area contributed by atoms with E-state index in [4.69, 9.17) is 0 Å². The van der Waals surface area contributed by atoms with E-state index in [9.17, 15) is 0 Å². The maximum absolute atomic E-state index is 4.48. The minimum absolute atomic E-state index is 0. The summed E-state index contributed by atoms with van der Waals surface area (Å²) in [4.78, 5) is 25.7. The number of anilines is 6. The topological polar surface area (TPSA) is 91.7 Å². The number of pyridine rings is 2. The van der Waals surface area contributed by atoms with Crippen LogP contribution in [0.5, 0.6) is 0 Å². The Balaban J connectivity index is 0.000000141. The van der Waals surface area contributed by atoms with Gasteiger partial charge in [0.2, 0.25) is 0 Å². The predicted octanol–water partition coefficient (Wildman–Crippen LogP) is 15.6. The SMILES string of the molecule is C(=Nc1ccccc1)[N-]c1ccccc1.C(=Nc1ccccc1)[N-]c1ccccc1.CN1[CH-]N(c2[c-]cc3ccccc3c2)c2ncccc21.CN1[CH-]N(c2[c-]cc3ccccc3c2)c2ncccc21.[Pt].[Pt]. The van der Waals surface area contributed by atoms with Crippen LogP contribution in [-0.4, -0.2) is 36.7 Å². The van der Waals surface area contributed by atoms with Gasteiger partial charge in [0.1, 0.15) is 11.6 Å². The second-order valence-electron chi connectivity index (χ2n) is 15.9. The molecule has 8 aromatic carbocycles. The first-order valence-corrected chi connectivity index (χ1v) is 22.7. The molecule has 0 N–H and O–H groups in total. The Morgan fingerprint density at radius 3 is 1.17 bits per heavy atom. The van der Waals surface area contributed by atoms with Crippen LogP contribution in [0, 0.1) is 25.5 Å². The van der Waals surface area contributed by atoms with E-state index in [0.29, 0.717) is 0 Å². The molecule has 0 aliphatic carbocycles. The Morgan fingerprint density at radius 1 is 0.431 bits per heavy atom. The van der Waals surface area contributed by atoms with E-state index in [1.807, 2.05) is 198 Å². The number of aromatic nitrogens is 2. The molecule has 0 unspecified atom stereocenters. The summed E-state index contributed by atoms with van der Waals surface area (Å²) in [5.41, 5.74) is 7.88. The molecule has 4 heterocycles. The van der Waals surface area contributed by atoms with Crippen molar-refractivity contribution in [3.05, 3.63) is 267 Å². The van der Waals surface area contributed by atoms with Crippen molar-refractivity contribution in [2.45, 2.75) is 0 Å². The van der Waals surface area contributed by atoms with Gasteiger partial charge in [-0.3, -0.25) is 0 Å². The molecule has 10 aromatic rings. The Labute approximate surface area is 451 Å². The number of benzene rings is 8. The van der Waals surface area contributed by atoms with Crippen molar-refractivity contribution >= 4 is 91.4 Å². The van der Waals surface area contributed by atoms with Gasteiger partial charge in [-0.15, -0.1) is 57.2 Å². The van der Waals surface area contributed by atoms with Gasteiger partial charge in [-0.2, -0.15) is 37.6 Å². The minimum Gasteiger partial charge on any atom is -0.502 e. The second kappa shape index (κ2) is 26.3. The van der Waals surface area contributed by atoms with Gasteiger partial charge in [0, 0.05) is 65.9 Å². The maximum Gasteiger partial charge on any atom is 0.124 e. The Bertz CT molecular complexity index is 3070. The van der Waals surface area contributed by atoms with E-state index in [2.05, 4.69) is 123 Å². The van der Waals surface area contributed by atoms with Crippen LogP contribution in [0.3, 0.4) is 0 Å². The number of aliphatic imine (C=N–C) groups is 2. The third-order valence-electron chi connectivity index (χ3n) is 11.0. The van der Waals surface area contributed by atoms with E-state index in [1.165, 1.54) is 21.5 Å². The van der Waals surface area contributed by atoms with Gasteiger partial charge in [-0.25, -0.2) is 9.97 Å². The molecule has 0 atom stereocenters. The van der Waals surface area contributed by atoms with Gasteiger partial charge in [0.25, 0.3) is 0 Å². The Morgan fingerprint density at radius 2 is 0.778 bits per heavy atom. The molecule has 0 fully saturated rings. The van der Waals surface area contributed by atoms with Crippen molar-refractivity contribution in [1.29, 1.82) is 0 Å². The van der Waals surface area contributed by atoms with E-state index in [-0.39, 0.29) is 42.1 Å². The third-order valence-corrected chi connectivity index (χ3v) is 11.0. The zero-order valence-corrected chi connectivity index (χ0v) is 43.9. The van der Waals surface area contributed by atoms with E-state index in [0.717, 1.165) is 57.1 Å². The average molecular weight is 1300 g/mol. The molecule has 0 bridgehead atoms. The molecule has 12 rings (SSSR count). The molecular formula is C60H48N10Pt2-6. The molecule has 0 spiro atoms. The molecule has 0 saturated carbocycles. The van der Waals surface area contributed by atoms with Gasteiger partial charge in [0.05, 0.1) is 0 Å². The molecule has 2 aliphatic heterocycles. The summed E-state index contributed by atoms with van der Waals surface area (Å²) in [7, 11) is 4.06. The third kappa shape index (κ3) is 13.7. The predicted molar refractivity (Wildman–Crippen MR) is 292 cm³/mol. The number of hydrogen-bond acceptors (Lipinski definition) is 8. The largest absolute Gasteiger partial charge is 0.502 e. The van der Waals surface area contributed by atoms with Crippen molar-refractivity contribution in [3.63, 3.8) is 0 Å². The Hall–Kier alpha value is -7.90. The van der Waals surface area contributed by atoms with Gasteiger partial charge < -0.3 is 40.2 Å². The minimum atomic E-state index is 0. The number of para-hydroxylation sites is 4. The van der Waals surface area contributed by atoms with Crippen molar-refractivity contribution in [2.75, 3.05) is 33.7 Å². The quantitative estimate of drug-likeness (QED) is 0.0855. The number of fused-ring (bicyclic) bond motifs is 4. The summed E-state index contributed by atoms with van der Waals surface area (Å²) in [6.07, 6.45) is 6.79. The van der Waals surface area contributed by atoms with Gasteiger partial charge in [-0.05, 0) is 61.1 Å². The molecule has 12 heteroatoms. The normalized spacial score (nSPS) is 12.0. The van der Waals surface area contributed by atoms with Crippen LogP contribution < -0.4 is 19.6 Å². The first kappa shape index (κ1) is 51.9. The average Bonchev–Trinajstić information content (AvgIpc) is 3.95. The van der Waals surface area contributed by atoms with Crippen LogP contribution >= 0.6 is 0 Å². The summed E-state index contributed by atoms with van der Waals surface area (Å²) >= 11 is 0. The summed E-state index contributed by atoms with van der Waals surface area (Å²) in [5.74, 6) is 1.89. The molecule has 0 saturated heterocycles. The number of nitrogens with zero attached hydrogens (tertiary/aromatic N) is 10. The van der Waals surface area contributed by atoms with Gasteiger partial charge in [-0.1, -0.05) is 170 Å². The summed E-state index contributed by atoms with van der Waals surface area (Å²) in [6.45, 7) is 4.08. The van der Waals surface area contributed by atoms with Crippen molar-refractivity contribution in [3.8, 4) is 0 Å². The number of hydrogen-bond donors (Lipinski definition) is 0. The molecule has 364 valence electrons. The standard InChI is InChI=1S/2C17H13N3.2C13H11N2.2Pt/c2*1-19-12-20(17-16(19)7-4-10-18-17)15-9-8-13-5-2-3-6-14(13)11-15;2*1-3-7-12(8-4-1)14-11-15-13-9-5-2-6-10-13;;/h2*2-8,10-12H,1H3;2*1-11H;;/q2*-2;2*-1;;. The monoisotopic (exact) mass is 1300 g/mol. The van der Waals surface area contributed by atoms with Crippen LogP contribution in [0.2, 0.25) is 0 Å². The van der Waals surface area contributed by atoms with Crippen LogP contribution in [0.15, 0.2) is 241 Å². The van der Waals surface area contributed by atoms with E-state index in [1.54, 1.807) is 12.7 Å². The Kier molecular flexibility index (Phi) is 19.0. The zero-order chi connectivity index (χ0) is 47.7.